The van der Waals surface area contributed by atoms with E-state index in [1.54, 1.807) is 16.7 Å². The molecule has 0 aliphatic rings. The molecule has 3 N–H and O–H groups in total. The second-order valence-electron chi connectivity index (χ2n) is 4.65. The molecule has 1 atom stereocenters. The van der Waals surface area contributed by atoms with Gasteiger partial charge in [-0.3, -0.25) is 9.59 Å². The van der Waals surface area contributed by atoms with E-state index in [9.17, 15) is 9.59 Å². The summed E-state index contributed by atoms with van der Waals surface area (Å²) in [6, 6.07) is 5.73. The molecule has 0 saturated carbocycles. The molecule has 0 radical (unpaired) electrons. The average molecular weight is 308 g/mol. The molecule has 2 aromatic heterocycles. The Labute approximate surface area is 125 Å². The summed E-state index contributed by atoms with van der Waals surface area (Å²) in [6.07, 6.45) is 0.804. The first-order valence-corrected chi connectivity index (χ1v) is 7.90. The number of aryl methyl sites for hydroxylation is 1. The van der Waals surface area contributed by atoms with Crippen LogP contribution in [0.2, 0.25) is 0 Å². The molecule has 2 rings (SSSR count). The van der Waals surface area contributed by atoms with Crippen molar-refractivity contribution in [2.24, 2.45) is 5.73 Å². The van der Waals surface area contributed by atoms with Gasteiger partial charge in [0.15, 0.2) is 0 Å². The van der Waals surface area contributed by atoms with Crippen molar-refractivity contribution in [3.63, 3.8) is 0 Å². The lowest BCUT2D eigenvalue weighted by Crippen LogP contribution is -2.33. The minimum absolute atomic E-state index is 0.0414. The molecule has 0 bridgehead atoms. The van der Waals surface area contributed by atoms with Gasteiger partial charge in [-0.05, 0) is 32.0 Å². The molecule has 0 aromatic carbocycles. The Hall–Kier alpha value is -1.66. The summed E-state index contributed by atoms with van der Waals surface area (Å²) >= 11 is 2.97. The van der Waals surface area contributed by atoms with Crippen molar-refractivity contribution in [1.82, 2.24) is 5.32 Å². The first-order chi connectivity index (χ1) is 9.45. The maximum atomic E-state index is 12.0. The van der Waals surface area contributed by atoms with Crippen molar-refractivity contribution in [3.8, 4) is 0 Å². The van der Waals surface area contributed by atoms with Crippen LogP contribution in [0, 0.1) is 6.92 Å². The van der Waals surface area contributed by atoms with E-state index < -0.39 is 5.91 Å². The van der Waals surface area contributed by atoms with Gasteiger partial charge in [-0.15, -0.1) is 22.7 Å². The second-order valence-corrected chi connectivity index (χ2v) is 6.94. The SMILES string of the molecule is Cc1ccc(C[C@@H](C)NC(=O)c2cc(C(N)=O)cs2)s1. The molecule has 4 nitrogen and oxygen atoms in total. The lowest BCUT2D eigenvalue weighted by molar-refractivity contribution is 0.0944. The Bertz CT molecular complexity index is 631. The Kier molecular flexibility index (Phi) is 4.57. The number of nitrogens with two attached hydrogens (primary N) is 1. The van der Waals surface area contributed by atoms with Crippen LogP contribution in [0.1, 0.15) is 36.7 Å². The van der Waals surface area contributed by atoms with Crippen molar-refractivity contribution in [3.05, 3.63) is 43.8 Å². The molecule has 0 saturated heterocycles. The fraction of sp³-hybridized carbons (Fsp3) is 0.286. The standard InChI is InChI=1S/C14H16N2O2S2/c1-8(5-11-4-3-9(2)20-11)16-14(18)12-6-10(7-19-12)13(15)17/h3-4,6-8H,5H2,1-2H3,(H2,15,17)(H,16,18)/t8-/m1/s1. The molecule has 0 aliphatic carbocycles. The highest BCUT2D eigenvalue weighted by molar-refractivity contribution is 7.12. The molecule has 0 aliphatic heterocycles. The molecule has 20 heavy (non-hydrogen) atoms. The van der Waals surface area contributed by atoms with Gasteiger partial charge in [-0.25, -0.2) is 0 Å². The van der Waals surface area contributed by atoms with Gasteiger partial charge in [0.25, 0.3) is 5.91 Å². The van der Waals surface area contributed by atoms with E-state index >= 15 is 0 Å². The molecule has 6 heteroatoms. The number of rotatable bonds is 5. The van der Waals surface area contributed by atoms with Crippen LogP contribution >= 0.6 is 22.7 Å². The molecule has 0 unspecified atom stereocenters. The zero-order chi connectivity index (χ0) is 14.7. The lowest BCUT2D eigenvalue weighted by atomic mass is 10.2. The quantitative estimate of drug-likeness (QED) is 0.891. The highest BCUT2D eigenvalue weighted by Crippen LogP contribution is 2.18. The fourth-order valence-electron chi connectivity index (χ4n) is 1.83. The number of carbonyl (C=O) groups excluding carboxylic acids is 2. The summed E-state index contributed by atoms with van der Waals surface area (Å²) in [6.45, 7) is 4.03. The van der Waals surface area contributed by atoms with E-state index in [4.69, 9.17) is 5.73 Å². The number of carbonyl (C=O) groups is 2. The maximum absolute atomic E-state index is 12.0. The van der Waals surface area contributed by atoms with Crippen molar-refractivity contribution >= 4 is 34.5 Å². The predicted molar refractivity (Wildman–Crippen MR) is 82.5 cm³/mol. The average Bonchev–Trinajstić information content (AvgIpc) is 2.98. The van der Waals surface area contributed by atoms with Gasteiger partial charge in [-0.1, -0.05) is 0 Å². The first-order valence-electron chi connectivity index (χ1n) is 6.20. The number of primary amides is 1. The van der Waals surface area contributed by atoms with Gasteiger partial charge < -0.3 is 11.1 Å². The van der Waals surface area contributed by atoms with Crippen LogP contribution in [-0.4, -0.2) is 17.9 Å². The highest BCUT2D eigenvalue weighted by Gasteiger charge is 2.14. The lowest BCUT2D eigenvalue weighted by Gasteiger charge is -2.11. The zero-order valence-corrected chi connectivity index (χ0v) is 12.9. The summed E-state index contributed by atoms with van der Waals surface area (Å²) in [5, 5.41) is 4.53. The molecular formula is C14H16N2O2S2. The number of amides is 2. The van der Waals surface area contributed by atoms with Gasteiger partial charge in [-0.2, -0.15) is 0 Å². The van der Waals surface area contributed by atoms with Crippen LogP contribution in [0.3, 0.4) is 0 Å². The third-order valence-corrected chi connectivity index (χ3v) is 4.74. The normalized spacial score (nSPS) is 12.1. The maximum Gasteiger partial charge on any atom is 0.261 e. The topological polar surface area (TPSA) is 72.2 Å². The van der Waals surface area contributed by atoms with Crippen molar-refractivity contribution < 1.29 is 9.59 Å². The van der Waals surface area contributed by atoms with E-state index in [2.05, 4.69) is 24.4 Å². The van der Waals surface area contributed by atoms with E-state index in [0.717, 1.165) is 6.42 Å². The number of nitrogens with one attached hydrogen (secondary N) is 1. The Morgan fingerprint density at radius 2 is 2.15 bits per heavy atom. The van der Waals surface area contributed by atoms with E-state index in [1.807, 2.05) is 6.92 Å². The molecule has 2 amide bonds. The minimum Gasteiger partial charge on any atom is -0.366 e. The third kappa shape index (κ3) is 3.68. The number of thiophene rings is 2. The van der Waals surface area contributed by atoms with Crippen LogP contribution in [0.15, 0.2) is 23.6 Å². The van der Waals surface area contributed by atoms with Gasteiger partial charge in [0.05, 0.1) is 10.4 Å². The van der Waals surface area contributed by atoms with Crippen LogP contribution in [-0.2, 0) is 6.42 Å². The van der Waals surface area contributed by atoms with Gasteiger partial charge in [0, 0.05) is 27.6 Å². The fourth-order valence-corrected chi connectivity index (χ4v) is 3.65. The second kappa shape index (κ2) is 6.19. The number of hydrogen-bond donors (Lipinski definition) is 2. The van der Waals surface area contributed by atoms with Gasteiger partial charge in [0.1, 0.15) is 0 Å². The molecule has 0 spiro atoms. The van der Waals surface area contributed by atoms with Crippen molar-refractivity contribution in [2.45, 2.75) is 26.3 Å². The Balaban J connectivity index is 1.94. The zero-order valence-electron chi connectivity index (χ0n) is 11.3. The van der Waals surface area contributed by atoms with Crippen molar-refractivity contribution in [2.75, 3.05) is 0 Å². The molecule has 2 heterocycles. The summed E-state index contributed by atoms with van der Waals surface area (Å²) < 4.78 is 0. The van der Waals surface area contributed by atoms with E-state index in [-0.39, 0.29) is 11.9 Å². The summed E-state index contributed by atoms with van der Waals surface area (Å²) in [4.78, 5) is 26.1. The van der Waals surface area contributed by atoms with E-state index in [1.165, 1.54) is 27.2 Å². The van der Waals surface area contributed by atoms with Crippen LogP contribution in [0.25, 0.3) is 0 Å². The Morgan fingerprint density at radius 1 is 1.40 bits per heavy atom. The van der Waals surface area contributed by atoms with Crippen LogP contribution in [0.4, 0.5) is 0 Å². The van der Waals surface area contributed by atoms with Gasteiger partial charge >= 0.3 is 0 Å². The largest absolute Gasteiger partial charge is 0.366 e. The Morgan fingerprint density at radius 3 is 2.70 bits per heavy atom. The molecule has 106 valence electrons. The smallest absolute Gasteiger partial charge is 0.261 e. The summed E-state index contributed by atoms with van der Waals surface area (Å²) in [5.41, 5.74) is 5.55. The minimum atomic E-state index is -0.512. The highest BCUT2D eigenvalue weighted by atomic mass is 32.1. The predicted octanol–water partition coefficient (Wildman–Crippen LogP) is 2.58. The molecule has 2 aromatic rings. The van der Waals surface area contributed by atoms with Crippen molar-refractivity contribution in [1.29, 1.82) is 0 Å². The molecular weight excluding hydrogens is 292 g/mol. The van der Waals surface area contributed by atoms with Crippen LogP contribution in [0.5, 0.6) is 0 Å². The number of hydrogen-bond acceptors (Lipinski definition) is 4. The monoisotopic (exact) mass is 308 g/mol. The van der Waals surface area contributed by atoms with Crippen LogP contribution < -0.4 is 11.1 Å². The van der Waals surface area contributed by atoms with Gasteiger partial charge in [0.2, 0.25) is 5.91 Å². The molecule has 0 fully saturated rings. The third-order valence-electron chi connectivity index (χ3n) is 2.79. The summed E-state index contributed by atoms with van der Waals surface area (Å²) in [5.74, 6) is -0.675. The van der Waals surface area contributed by atoms with E-state index in [0.29, 0.717) is 10.4 Å². The first kappa shape index (κ1) is 14.7. The summed E-state index contributed by atoms with van der Waals surface area (Å²) in [7, 11) is 0.